The molecule has 2 rings (SSSR count). The molecule has 1 saturated heterocycles. The lowest BCUT2D eigenvalue weighted by Gasteiger charge is -2.21. The summed E-state index contributed by atoms with van der Waals surface area (Å²) in [4.78, 5) is 26.3. The Morgan fingerprint density at radius 3 is 2.48 bits per heavy atom. The van der Waals surface area contributed by atoms with E-state index in [-0.39, 0.29) is 16.6 Å². The average molecular weight is 321 g/mol. The molecule has 126 valence electrons. The first-order chi connectivity index (χ1) is 11.1. The SMILES string of the molecule is CCOC(=O)CN1CCCN(Cc2ccc([N+](=O)[O-])cc2)CC1. The van der Waals surface area contributed by atoms with E-state index in [4.69, 9.17) is 4.74 Å². The van der Waals surface area contributed by atoms with Gasteiger partial charge < -0.3 is 4.74 Å². The van der Waals surface area contributed by atoms with Crippen LogP contribution in [0.25, 0.3) is 0 Å². The number of hydrogen-bond acceptors (Lipinski definition) is 6. The van der Waals surface area contributed by atoms with Crippen molar-refractivity contribution in [3.8, 4) is 0 Å². The minimum atomic E-state index is -0.386. The topological polar surface area (TPSA) is 75.9 Å². The van der Waals surface area contributed by atoms with Crippen LogP contribution in [0.4, 0.5) is 5.69 Å². The highest BCUT2D eigenvalue weighted by atomic mass is 16.6. The summed E-state index contributed by atoms with van der Waals surface area (Å²) in [6, 6.07) is 6.69. The Morgan fingerprint density at radius 2 is 1.83 bits per heavy atom. The van der Waals surface area contributed by atoms with E-state index < -0.39 is 0 Å². The number of carbonyl (C=O) groups excluding carboxylic acids is 1. The van der Waals surface area contributed by atoms with Gasteiger partial charge >= 0.3 is 5.97 Å². The molecule has 0 aromatic heterocycles. The summed E-state index contributed by atoms with van der Waals surface area (Å²) in [5.74, 6) is -0.170. The molecule has 1 aliphatic heterocycles. The lowest BCUT2D eigenvalue weighted by Crippen LogP contribution is -2.34. The zero-order valence-electron chi connectivity index (χ0n) is 13.4. The fraction of sp³-hybridized carbons (Fsp3) is 0.562. The molecule has 0 saturated carbocycles. The summed E-state index contributed by atoms with van der Waals surface area (Å²) in [5.41, 5.74) is 1.18. The van der Waals surface area contributed by atoms with Gasteiger partial charge in [0.2, 0.25) is 0 Å². The van der Waals surface area contributed by atoms with Crippen LogP contribution in [-0.2, 0) is 16.1 Å². The number of nitro benzene ring substituents is 1. The maximum Gasteiger partial charge on any atom is 0.320 e. The molecule has 0 spiro atoms. The number of benzene rings is 1. The number of non-ortho nitro benzene ring substituents is 1. The maximum atomic E-state index is 11.6. The highest BCUT2D eigenvalue weighted by Crippen LogP contribution is 2.14. The maximum absolute atomic E-state index is 11.6. The molecule has 1 heterocycles. The minimum Gasteiger partial charge on any atom is -0.465 e. The third-order valence-electron chi connectivity index (χ3n) is 3.89. The Hall–Kier alpha value is -1.99. The smallest absolute Gasteiger partial charge is 0.320 e. The van der Waals surface area contributed by atoms with E-state index in [0.29, 0.717) is 13.2 Å². The van der Waals surface area contributed by atoms with E-state index in [9.17, 15) is 14.9 Å². The summed E-state index contributed by atoms with van der Waals surface area (Å²) in [5, 5.41) is 10.7. The van der Waals surface area contributed by atoms with Gasteiger partial charge in [0, 0.05) is 38.3 Å². The third-order valence-corrected chi connectivity index (χ3v) is 3.89. The van der Waals surface area contributed by atoms with Crippen molar-refractivity contribution in [2.24, 2.45) is 0 Å². The number of esters is 1. The van der Waals surface area contributed by atoms with Gasteiger partial charge in [-0.05, 0) is 25.5 Å². The molecular formula is C16H23N3O4. The van der Waals surface area contributed by atoms with Crippen LogP contribution in [0.5, 0.6) is 0 Å². The van der Waals surface area contributed by atoms with Crippen molar-refractivity contribution in [1.82, 2.24) is 9.80 Å². The molecule has 0 aliphatic carbocycles. The van der Waals surface area contributed by atoms with Crippen LogP contribution >= 0.6 is 0 Å². The van der Waals surface area contributed by atoms with Crippen molar-refractivity contribution in [3.63, 3.8) is 0 Å². The Labute approximate surface area is 136 Å². The summed E-state index contributed by atoms with van der Waals surface area (Å²) in [6.45, 7) is 6.88. The lowest BCUT2D eigenvalue weighted by atomic mass is 10.2. The molecule has 0 radical (unpaired) electrons. The van der Waals surface area contributed by atoms with Crippen molar-refractivity contribution in [2.75, 3.05) is 39.3 Å². The van der Waals surface area contributed by atoms with Crippen molar-refractivity contribution in [1.29, 1.82) is 0 Å². The highest BCUT2D eigenvalue weighted by molar-refractivity contribution is 5.71. The molecule has 1 aromatic carbocycles. The first-order valence-corrected chi connectivity index (χ1v) is 7.92. The molecule has 0 amide bonds. The lowest BCUT2D eigenvalue weighted by molar-refractivity contribution is -0.384. The Kier molecular flexibility index (Phi) is 6.49. The Bertz CT molecular complexity index is 533. The molecular weight excluding hydrogens is 298 g/mol. The first kappa shape index (κ1) is 17.4. The molecule has 23 heavy (non-hydrogen) atoms. The van der Waals surface area contributed by atoms with Crippen LogP contribution in [0.3, 0.4) is 0 Å². The standard InChI is InChI=1S/C16H23N3O4/c1-2-23-16(20)13-18-9-3-8-17(10-11-18)12-14-4-6-15(7-5-14)19(21)22/h4-7H,2-3,8-13H2,1H3. The molecule has 1 aliphatic rings. The van der Waals surface area contributed by atoms with Crippen LogP contribution in [0, 0.1) is 10.1 Å². The molecule has 0 bridgehead atoms. The van der Waals surface area contributed by atoms with Gasteiger partial charge in [0.1, 0.15) is 0 Å². The molecule has 0 unspecified atom stereocenters. The summed E-state index contributed by atoms with van der Waals surface area (Å²) in [7, 11) is 0. The Morgan fingerprint density at radius 1 is 1.17 bits per heavy atom. The van der Waals surface area contributed by atoms with Crippen LogP contribution < -0.4 is 0 Å². The second-order valence-corrected chi connectivity index (χ2v) is 5.63. The van der Waals surface area contributed by atoms with Crippen LogP contribution in [-0.4, -0.2) is 60.0 Å². The fourth-order valence-electron chi connectivity index (χ4n) is 2.71. The van der Waals surface area contributed by atoms with E-state index in [1.165, 1.54) is 0 Å². The van der Waals surface area contributed by atoms with Gasteiger partial charge in [0.15, 0.2) is 0 Å². The monoisotopic (exact) mass is 321 g/mol. The molecule has 7 nitrogen and oxygen atoms in total. The largest absolute Gasteiger partial charge is 0.465 e. The van der Waals surface area contributed by atoms with Crippen molar-refractivity contribution < 1.29 is 14.5 Å². The zero-order valence-corrected chi connectivity index (χ0v) is 13.4. The van der Waals surface area contributed by atoms with Crippen LogP contribution in [0.1, 0.15) is 18.9 Å². The minimum absolute atomic E-state index is 0.116. The zero-order chi connectivity index (χ0) is 16.7. The van der Waals surface area contributed by atoms with Crippen molar-refractivity contribution in [3.05, 3.63) is 39.9 Å². The predicted molar refractivity (Wildman–Crippen MR) is 86.1 cm³/mol. The Balaban J connectivity index is 1.83. The predicted octanol–water partition coefficient (Wildman–Crippen LogP) is 1.67. The second-order valence-electron chi connectivity index (χ2n) is 5.63. The van der Waals surface area contributed by atoms with Crippen LogP contribution in [0.15, 0.2) is 24.3 Å². The number of rotatable bonds is 6. The van der Waals surface area contributed by atoms with Crippen molar-refractivity contribution >= 4 is 11.7 Å². The molecule has 1 fully saturated rings. The quantitative estimate of drug-likeness (QED) is 0.451. The molecule has 0 N–H and O–H groups in total. The molecule has 0 atom stereocenters. The van der Waals surface area contributed by atoms with Crippen LogP contribution in [0.2, 0.25) is 0 Å². The third kappa shape index (κ3) is 5.61. The summed E-state index contributed by atoms with van der Waals surface area (Å²) < 4.78 is 4.99. The number of carbonyl (C=O) groups is 1. The van der Waals surface area contributed by atoms with Gasteiger partial charge in [0.25, 0.3) is 5.69 Å². The second kappa shape index (κ2) is 8.59. The summed E-state index contributed by atoms with van der Waals surface area (Å²) >= 11 is 0. The molecule has 7 heteroatoms. The number of hydrogen-bond donors (Lipinski definition) is 0. The van der Waals surface area contributed by atoms with Crippen molar-refractivity contribution in [2.45, 2.75) is 19.9 Å². The fourth-order valence-corrected chi connectivity index (χ4v) is 2.71. The summed E-state index contributed by atoms with van der Waals surface area (Å²) in [6.07, 6.45) is 0.992. The van der Waals surface area contributed by atoms with Gasteiger partial charge in [-0.2, -0.15) is 0 Å². The van der Waals surface area contributed by atoms with Gasteiger partial charge in [-0.25, -0.2) is 0 Å². The van der Waals surface area contributed by atoms with E-state index >= 15 is 0 Å². The average Bonchev–Trinajstić information content (AvgIpc) is 2.73. The highest BCUT2D eigenvalue weighted by Gasteiger charge is 2.17. The van der Waals surface area contributed by atoms with Gasteiger partial charge in [-0.3, -0.25) is 24.7 Å². The number of nitro groups is 1. The number of ether oxygens (including phenoxy) is 1. The normalized spacial score (nSPS) is 16.7. The van der Waals surface area contributed by atoms with Gasteiger partial charge in [0.05, 0.1) is 18.1 Å². The van der Waals surface area contributed by atoms with Gasteiger partial charge in [-0.1, -0.05) is 12.1 Å². The molecule has 1 aromatic rings. The van der Waals surface area contributed by atoms with E-state index in [2.05, 4.69) is 9.80 Å². The van der Waals surface area contributed by atoms with E-state index in [1.807, 2.05) is 6.92 Å². The van der Waals surface area contributed by atoms with E-state index in [1.54, 1.807) is 24.3 Å². The number of nitrogens with zero attached hydrogens (tertiary/aromatic N) is 3. The van der Waals surface area contributed by atoms with E-state index in [0.717, 1.165) is 44.7 Å². The van der Waals surface area contributed by atoms with Gasteiger partial charge in [-0.15, -0.1) is 0 Å². The first-order valence-electron chi connectivity index (χ1n) is 7.92.